The monoisotopic (exact) mass is 241 g/mol. The van der Waals surface area contributed by atoms with Crippen molar-refractivity contribution in [1.29, 1.82) is 0 Å². The summed E-state index contributed by atoms with van der Waals surface area (Å²) in [4.78, 5) is 10.2. The number of sulfonamides is 1. The molecule has 0 aliphatic carbocycles. The van der Waals surface area contributed by atoms with Crippen molar-refractivity contribution in [2.24, 2.45) is 0 Å². The van der Waals surface area contributed by atoms with Crippen LogP contribution in [0.15, 0.2) is 0 Å². The zero-order valence-corrected chi connectivity index (χ0v) is 9.16. The molecule has 15 heavy (non-hydrogen) atoms. The molecule has 0 saturated carbocycles. The number of rotatable bonds is 8. The topological polar surface area (TPSA) is 113 Å². The molecule has 7 nitrogen and oxygen atoms in total. The third-order valence-corrected chi connectivity index (χ3v) is 2.95. The summed E-state index contributed by atoms with van der Waals surface area (Å²) >= 11 is 0. The number of aliphatic hydroxyl groups excluding tert-OH is 1. The van der Waals surface area contributed by atoms with Crippen LogP contribution in [0.4, 0.5) is 0 Å². The third-order valence-electron chi connectivity index (χ3n) is 1.52. The molecule has 0 aromatic heterocycles. The molecule has 0 fully saturated rings. The quantitative estimate of drug-likeness (QED) is 0.471. The van der Waals surface area contributed by atoms with Crippen LogP contribution in [0.1, 0.15) is 6.42 Å². The van der Waals surface area contributed by atoms with Gasteiger partial charge in [0.15, 0.2) is 0 Å². The van der Waals surface area contributed by atoms with Crippen molar-refractivity contribution in [3.8, 4) is 0 Å². The van der Waals surface area contributed by atoms with E-state index in [2.05, 4.69) is 9.46 Å². The molecule has 0 amide bonds. The molecule has 0 rings (SSSR count). The number of carbonyl (C=O) groups is 1. The summed E-state index contributed by atoms with van der Waals surface area (Å²) in [5, 5.41) is 17.1. The predicted octanol–water partition coefficient (Wildman–Crippen LogP) is -1.61. The summed E-state index contributed by atoms with van der Waals surface area (Å²) in [7, 11) is -2.31. The molecule has 90 valence electrons. The Morgan fingerprint density at radius 2 is 2.13 bits per heavy atom. The Morgan fingerprint density at radius 3 is 2.53 bits per heavy atom. The Morgan fingerprint density at radius 1 is 1.53 bits per heavy atom. The molecule has 0 aromatic carbocycles. The van der Waals surface area contributed by atoms with E-state index in [1.165, 1.54) is 7.11 Å². The van der Waals surface area contributed by atoms with Crippen LogP contribution >= 0.6 is 0 Å². The lowest BCUT2D eigenvalue weighted by Gasteiger charge is -2.14. The number of hydrogen-bond donors (Lipinski definition) is 3. The lowest BCUT2D eigenvalue weighted by atomic mass is 10.4. The van der Waals surface area contributed by atoms with Gasteiger partial charge in [-0.15, -0.1) is 0 Å². The molecule has 0 radical (unpaired) electrons. The summed E-state index contributed by atoms with van der Waals surface area (Å²) in [6.07, 6.45) is -0.472. The van der Waals surface area contributed by atoms with Crippen molar-refractivity contribution in [2.45, 2.75) is 12.5 Å². The maximum absolute atomic E-state index is 11.2. The summed E-state index contributed by atoms with van der Waals surface area (Å²) in [5.41, 5.74) is 0. The van der Waals surface area contributed by atoms with Gasteiger partial charge in [0.25, 0.3) is 0 Å². The smallest absolute Gasteiger partial charge is 0.304 e. The summed E-state index contributed by atoms with van der Waals surface area (Å²) < 4.78 is 29.3. The van der Waals surface area contributed by atoms with Gasteiger partial charge in [-0.2, -0.15) is 0 Å². The summed E-state index contributed by atoms with van der Waals surface area (Å²) in [6.45, 7) is -0.372. The fourth-order valence-electron chi connectivity index (χ4n) is 0.860. The molecule has 0 spiro atoms. The highest BCUT2D eigenvalue weighted by Crippen LogP contribution is 1.94. The van der Waals surface area contributed by atoms with Crippen molar-refractivity contribution in [1.82, 2.24) is 4.72 Å². The number of methoxy groups -OCH3 is 1. The highest BCUT2D eigenvalue weighted by Gasteiger charge is 2.18. The van der Waals surface area contributed by atoms with Gasteiger partial charge in [-0.25, -0.2) is 13.1 Å². The second-order valence-electron chi connectivity index (χ2n) is 2.92. The lowest BCUT2D eigenvalue weighted by Crippen LogP contribution is -2.41. The van der Waals surface area contributed by atoms with Crippen LogP contribution in [0.5, 0.6) is 0 Å². The number of aliphatic hydroxyl groups is 1. The van der Waals surface area contributed by atoms with Crippen LogP contribution in [0.2, 0.25) is 0 Å². The number of carboxylic acid groups (broad SMARTS) is 1. The van der Waals surface area contributed by atoms with Crippen LogP contribution in [0.3, 0.4) is 0 Å². The van der Waals surface area contributed by atoms with Crippen LogP contribution in [0, 0.1) is 0 Å². The second kappa shape index (κ2) is 6.72. The molecular formula is C7H15NO6S. The Hall–Kier alpha value is -0.700. The van der Waals surface area contributed by atoms with E-state index >= 15 is 0 Å². The van der Waals surface area contributed by atoms with Gasteiger partial charge in [0.2, 0.25) is 10.0 Å². The Bertz CT molecular complexity index is 288. The van der Waals surface area contributed by atoms with Crippen molar-refractivity contribution in [3.05, 3.63) is 0 Å². The van der Waals surface area contributed by atoms with E-state index in [-0.39, 0.29) is 6.61 Å². The third kappa shape index (κ3) is 7.25. The van der Waals surface area contributed by atoms with Gasteiger partial charge in [-0.05, 0) is 0 Å². The first-order valence-corrected chi connectivity index (χ1v) is 5.88. The fraction of sp³-hybridized carbons (Fsp3) is 0.857. The zero-order valence-electron chi connectivity index (χ0n) is 8.34. The van der Waals surface area contributed by atoms with Crippen molar-refractivity contribution in [3.63, 3.8) is 0 Å². The van der Waals surface area contributed by atoms with Gasteiger partial charge < -0.3 is 14.9 Å². The Balaban J connectivity index is 4.16. The van der Waals surface area contributed by atoms with Gasteiger partial charge in [-0.3, -0.25) is 4.79 Å². The fourth-order valence-corrected chi connectivity index (χ4v) is 2.07. The molecule has 1 atom stereocenters. The minimum atomic E-state index is -3.68. The molecule has 0 heterocycles. The maximum atomic E-state index is 11.2. The van der Waals surface area contributed by atoms with Crippen molar-refractivity contribution in [2.75, 3.05) is 26.1 Å². The Labute approximate surface area is 88.1 Å². The van der Waals surface area contributed by atoms with Crippen molar-refractivity contribution < 1.29 is 28.2 Å². The summed E-state index contributed by atoms with van der Waals surface area (Å²) in [5.74, 6) is -1.70. The molecular weight excluding hydrogens is 226 g/mol. The maximum Gasteiger partial charge on any atom is 0.304 e. The van der Waals surface area contributed by atoms with Gasteiger partial charge in [0.1, 0.15) is 0 Å². The number of nitrogens with one attached hydrogen (secondary N) is 1. The number of hydrogen-bond acceptors (Lipinski definition) is 5. The minimum absolute atomic E-state index is 0.0306. The summed E-state index contributed by atoms with van der Waals surface area (Å²) in [6, 6.07) is -0.742. The van der Waals surface area contributed by atoms with Crippen LogP contribution in [-0.4, -0.2) is 56.7 Å². The molecule has 1 unspecified atom stereocenters. The average molecular weight is 241 g/mol. The van der Waals surface area contributed by atoms with Crippen LogP contribution in [-0.2, 0) is 19.6 Å². The SMILES string of the molecule is COCC(CO)NS(=O)(=O)CCC(=O)O. The number of carboxylic acids is 1. The van der Waals surface area contributed by atoms with Gasteiger partial charge in [0, 0.05) is 7.11 Å². The second-order valence-corrected chi connectivity index (χ2v) is 4.79. The average Bonchev–Trinajstić information content (AvgIpc) is 2.14. The number of ether oxygens (including phenoxy) is 1. The highest BCUT2D eigenvalue weighted by molar-refractivity contribution is 7.89. The molecule has 0 aliphatic heterocycles. The van der Waals surface area contributed by atoms with E-state index in [1.807, 2.05) is 0 Å². The molecule has 0 aliphatic rings. The highest BCUT2D eigenvalue weighted by atomic mass is 32.2. The lowest BCUT2D eigenvalue weighted by molar-refractivity contribution is -0.136. The molecule has 8 heteroatoms. The first-order chi connectivity index (χ1) is 6.91. The largest absolute Gasteiger partial charge is 0.481 e. The predicted molar refractivity (Wildman–Crippen MR) is 51.9 cm³/mol. The van der Waals surface area contributed by atoms with E-state index < -0.39 is 40.8 Å². The van der Waals surface area contributed by atoms with Gasteiger partial charge in [0.05, 0.1) is 31.4 Å². The molecule has 0 aromatic rings. The van der Waals surface area contributed by atoms with E-state index in [9.17, 15) is 13.2 Å². The normalized spacial score (nSPS) is 13.7. The minimum Gasteiger partial charge on any atom is -0.481 e. The van der Waals surface area contributed by atoms with Gasteiger partial charge >= 0.3 is 5.97 Å². The van der Waals surface area contributed by atoms with E-state index in [0.29, 0.717) is 0 Å². The first kappa shape index (κ1) is 14.3. The van der Waals surface area contributed by atoms with E-state index in [4.69, 9.17) is 10.2 Å². The standard InChI is InChI=1S/C7H15NO6S/c1-14-5-6(4-9)8-15(12,13)3-2-7(10)11/h6,8-9H,2-5H2,1H3,(H,10,11). The van der Waals surface area contributed by atoms with Crippen LogP contribution in [0.25, 0.3) is 0 Å². The first-order valence-electron chi connectivity index (χ1n) is 4.23. The van der Waals surface area contributed by atoms with E-state index in [0.717, 1.165) is 0 Å². The van der Waals surface area contributed by atoms with Crippen molar-refractivity contribution >= 4 is 16.0 Å². The van der Waals surface area contributed by atoms with Gasteiger partial charge in [-0.1, -0.05) is 0 Å². The van der Waals surface area contributed by atoms with Crippen LogP contribution < -0.4 is 4.72 Å². The van der Waals surface area contributed by atoms with E-state index in [1.54, 1.807) is 0 Å². The zero-order chi connectivity index (χ0) is 11.9. The molecule has 0 saturated heterocycles. The molecule has 0 bridgehead atoms. The Kier molecular flexibility index (Phi) is 6.41. The molecule has 3 N–H and O–H groups in total. The number of aliphatic carboxylic acids is 1.